The molecule has 0 aliphatic carbocycles. The van der Waals surface area contributed by atoms with Gasteiger partial charge in [0, 0.05) is 11.4 Å². The van der Waals surface area contributed by atoms with Crippen molar-refractivity contribution in [2.45, 2.75) is 38.8 Å². The molecular weight excluding hydrogens is 256 g/mol. The van der Waals surface area contributed by atoms with E-state index in [0.717, 1.165) is 6.67 Å². The van der Waals surface area contributed by atoms with Crippen LogP contribution in [0.4, 0.5) is 11.4 Å². The average molecular weight is 280 g/mol. The predicted molar refractivity (Wildman–Crippen MR) is 90.9 cm³/mol. The summed E-state index contributed by atoms with van der Waals surface area (Å²) in [5.74, 6) is 0. The highest BCUT2D eigenvalue weighted by molar-refractivity contribution is 5.61. The fourth-order valence-corrected chi connectivity index (χ4v) is 3.18. The Morgan fingerprint density at radius 3 is 1.29 bits per heavy atom. The maximum atomic E-state index is 2.50. The molecule has 0 amide bonds. The number of anilines is 2. The zero-order valence-electron chi connectivity index (χ0n) is 13.4. The second-order valence-electron chi connectivity index (χ2n) is 6.79. The van der Waals surface area contributed by atoms with Crippen LogP contribution in [0.25, 0.3) is 0 Å². The molecule has 1 heterocycles. The van der Waals surface area contributed by atoms with E-state index in [1.165, 1.54) is 11.4 Å². The summed E-state index contributed by atoms with van der Waals surface area (Å²) < 4.78 is 0. The Morgan fingerprint density at radius 1 is 0.619 bits per heavy atom. The van der Waals surface area contributed by atoms with Crippen molar-refractivity contribution >= 4 is 11.4 Å². The Bertz CT molecular complexity index is 546. The first kappa shape index (κ1) is 14.0. The summed E-state index contributed by atoms with van der Waals surface area (Å²) in [6.45, 7) is 10.3. The lowest BCUT2D eigenvalue weighted by atomic mass is 9.82. The molecule has 2 aromatic carbocycles. The lowest BCUT2D eigenvalue weighted by Gasteiger charge is -2.43. The number of rotatable bonds is 2. The predicted octanol–water partition coefficient (Wildman–Crippen LogP) is 4.53. The molecule has 0 spiro atoms. The average Bonchev–Trinajstić information content (AvgIpc) is 2.67. The zero-order valence-corrected chi connectivity index (χ0v) is 13.4. The van der Waals surface area contributed by atoms with Gasteiger partial charge in [0.25, 0.3) is 0 Å². The first-order chi connectivity index (χ1) is 9.94. The second kappa shape index (κ2) is 4.80. The number of benzene rings is 2. The van der Waals surface area contributed by atoms with Gasteiger partial charge in [-0.25, -0.2) is 0 Å². The first-order valence-corrected chi connectivity index (χ1v) is 7.60. The number of nitrogens with zero attached hydrogens (tertiary/aromatic N) is 2. The number of para-hydroxylation sites is 2. The minimum absolute atomic E-state index is 0.0458. The summed E-state index contributed by atoms with van der Waals surface area (Å²) >= 11 is 0. The van der Waals surface area contributed by atoms with Gasteiger partial charge in [-0.2, -0.15) is 0 Å². The van der Waals surface area contributed by atoms with Gasteiger partial charge in [0.05, 0.1) is 17.7 Å². The van der Waals surface area contributed by atoms with E-state index in [1.54, 1.807) is 0 Å². The monoisotopic (exact) mass is 280 g/mol. The van der Waals surface area contributed by atoms with Crippen molar-refractivity contribution in [3.8, 4) is 0 Å². The topological polar surface area (TPSA) is 6.48 Å². The third-order valence-corrected chi connectivity index (χ3v) is 5.27. The molecule has 1 aliphatic heterocycles. The van der Waals surface area contributed by atoms with E-state index in [1.807, 2.05) is 0 Å². The van der Waals surface area contributed by atoms with Crippen LogP contribution in [0.3, 0.4) is 0 Å². The molecule has 1 fully saturated rings. The molecule has 1 aliphatic rings. The molecule has 2 nitrogen and oxygen atoms in total. The fraction of sp³-hybridized carbons (Fsp3) is 0.368. The lowest BCUT2D eigenvalue weighted by Crippen LogP contribution is -2.54. The second-order valence-corrected chi connectivity index (χ2v) is 6.79. The van der Waals surface area contributed by atoms with Crippen molar-refractivity contribution in [3.63, 3.8) is 0 Å². The highest BCUT2D eigenvalue weighted by atomic mass is 15.5. The normalized spacial score (nSPS) is 19.8. The van der Waals surface area contributed by atoms with Crippen LogP contribution in [0.5, 0.6) is 0 Å². The van der Waals surface area contributed by atoms with Gasteiger partial charge in [-0.15, -0.1) is 0 Å². The highest BCUT2D eigenvalue weighted by Gasteiger charge is 2.52. The van der Waals surface area contributed by atoms with Gasteiger partial charge in [-0.1, -0.05) is 36.4 Å². The number of hydrogen-bond donors (Lipinski definition) is 0. The third-order valence-electron chi connectivity index (χ3n) is 5.27. The largest absolute Gasteiger partial charge is 0.346 e. The van der Waals surface area contributed by atoms with Crippen molar-refractivity contribution in [3.05, 3.63) is 60.7 Å². The highest BCUT2D eigenvalue weighted by Crippen LogP contribution is 2.44. The molecular formula is C19H24N2. The van der Waals surface area contributed by atoms with Crippen molar-refractivity contribution in [2.75, 3.05) is 16.5 Å². The standard InChI is InChI=1S/C19H24N2/c1-18(2)19(3,4)21(17-13-9-6-10-14-17)15-20(18)16-11-7-5-8-12-16/h5-14H,15H2,1-4H3. The summed E-state index contributed by atoms with van der Waals surface area (Å²) in [7, 11) is 0. The Kier molecular flexibility index (Phi) is 3.20. The molecule has 0 aromatic heterocycles. The van der Waals surface area contributed by atoms with Crippen LogP contribution in [0.1, 0.15) is 27.7 Å². The van der Waals surface area contributed by atoms with E-state index < -0.39 is 0 Å². The fourth-order valence-electron chi connectivity index (χ4n) is 3.18. The molecule has 2 aromatic rings. The summed E-state index contributed by atoms with van der Waals surface area (Å²) in [5, 5.41) is 0. The van der Waals surface area contributed by atoms with Gasteiger partial charge in [-0.05, 0) is 52.0 Å². The van der Waals surface area contributed by atoms with E-state index in [0.29, 0.717) is 0 Å². The Morgan fingerprint density at radius 2 is 0.952 bits per heavy atom. The van der Waals surface area contributed by atoms with Crippen molar-refractivity contribution < 1.29 is 0 Å². The molecule has 110 valence electrons. The number of hydrogen-bond acceptors (Lipinski definition) is 2. The van der Waals surface area contributed by atoms with E-state index in [-0.39, 0.29) is 11.1 Å². The quantitative estimate of drug-likeness (QED) is 0.797. The summed E-state index contributed by atoms with van der Waals surface area (Å²) in [6.07, 6.45) is 0. The van der Waals surface area contributed by atoms with Gasteiger partial charge in [0.1, 0.15) is 0 Å². The van der Waals surface area contributed by atoms with Gasteiger partial charge < -0.3 is 9.80 Å². The Labute approximate surface area is 128 Å². The van der Waals surface area contributed by atoms with Gasteiger partial charge in [-0.3, -0.25) is 0 Å². The first-order valence-electron chi connectivity index (χ1n) is 7.60. The van der Waals surface area contributed by atoms with Crippen LogP contribution in [-0.4, -0.2) is 17.7 Å². The summed E-state index contributed by atoms with van der Waals surface area (Å²) in [5.41, 5.74) is 2.66. The van der Waals surface area contributed by atoms with E-state index in [4.69, 9.17) is 0 Å². The van der Waals surface area contributed by atoms with Crippen LogP contribution >= 0.6 is 0 Å². The minimum atomic E-state index is 0.0458. The molecule has 0 radical (unpaired) electrons. The third kappa shape index (κ3) is 2.10. The molecule has 0 unspecified atom stereocenters. The molecule has 0 bridgehead atoms. The van der Waals surface area contributed by atoms with Crippen LogP contribution < -0.4 is 9.80 Å². The van der Waals surface area contributed by atoms with Crippen molar-refractivity contribution in [1.29, 1.82) is 0 Å². The van der Waals surface area contributed by atoms with Crippen molar-refractivity contribution in [2.24, 2.45) is 0 Å². The smallest absolute Gasteiger partial charge is 0.0915 e. The summed E-state index contributed by atoms with van der Waals surface area (Å²) in [6, 6.07) is 21.4. The molecule has 21 heavy (non-hydrogen) atoms. The molecule has 1 saturated heterocycles. The Hall–Kier alpha value is -1.96. The molecule has 0 N–H and O–H groups in total. The van der Waals surface area contributed by atoms with Crippen LogP contribution in [0, 0.1) is 0 Å². The minimum Gasteiger partial charge on any atom is -0.346 e. The van der Waals surface area contributed by atoms with Gasteiger partial charge in [0.2, 0.25) is 0 Å². The molecule has 0 atom stereocenters. The van der Waals surface area contributed by atoms with Crippen LogP contribution in [0.15, 0.2) is 60.7 Å². The van der Waals surface area contributed by atoms with E-state index in [9.17, 15) is 0 Å². The SMILES string of the molecule is CC1(C)N(c2ccccc2)CN(c2ccccc2)C1(C)C. The maximum absolute atomic E-state index is 2.50. The molecule has 2 heteroatoms. The lowest BCUT2D eigenvalue weighted by molar-refractivity contribution is 0.345. The molecule has 3 rings (SSSR count). The van der Waals surface area contributed by atoms with E-state index >= 15 is 0 Å². The van der Waals surface area contributed by atoms with E-state index in [2.05, 4.69) is 98.2 Å². The Balaban J connectivity index is 2.03. The van der Waals surface area contributed by atoms with Crippen LogP contribution in [-0.2, 0) is 0 Å². The van der Waals surface area contributed by atoms with Gasteiger partial charge >= 0.3 is 0 Å². The zero-order chi connectivity index (χ0) is 15.1. The van der Waals surface area contributed by atoms with Gasteiger partial charge in [0.15, 0.2) is 0 Å². The van der Waals surface area contributed by atoms with Crippen molar-refractivity contribution in [1.82, 2.24) is 0 Å². The summed E-state index contributed by atoms with van der Waals surface area (Å²) in [4.78, 5) is 5.00. The maximum Gasteiger partial charge on any atom is 0.0915 e. The van der Waals surface area contributed by atoms with Crippen LogP contribution in [0.2, 0.25) is 0 Å². The molecule has 0 saturated carbocycles.